The number of amides is 1. The first-order chi connectivity index (χ1) is 7.07. The van der Waals surface area contributed by atoms with Gasteiger partial charge in [0.1, 0.15) is 0 Å². The van der Waals surface area contributed by atoms with Crippen molar-refractivity contribution in [2.24, 2.45) is 11.3 Å². The third-order valence-electron chi connectivity index (χ3n) is 3.84. The number of rotatable bonds is 2. The van der Waals surface area contributed by atoms with Gasteiger partial charge in [0.2, 0.25) is 5.91 Å². The third-order valence-corrected chi connectivity index (χ3v) is 3.84. The lowest BCUT2D eigenvalue weighted by Crippen LogP contribution is -2.53. The molecule has 15 heavy (non-hydrogen) atoms. The van der Waals surface area contributed by atoms with E-state index < -0.39 is 0 Å². The van der Waals surface area contributed by atoms with Gasteiger partial charge in [-0.1, -0.05) is 13.8 Å². The Labute approximate surface area is 92.0 Å². The second-order valence-electron chi connectivity index (χ2n) is 5.80. The maximum Gasteiger partial charge on any atom is 0.225 e. The van der Waals surface area contributed by atoms with Crippen molar-refractivity contribution in [3.05, 3.63) is 0 Å². The fourth-order valence-electron chi connectivity index (χ4n) is 2.34. The van der Waals surface area contributed by atoms with Gasteiger partial charge in [0, 0.05) is 19.1 Å². The summed E-state index contributed by atoms with van der Waals surface area (Å²) in [6.45, 7) is 6.37. The van der Waals surface area contributed by atoms with Crippen molar-refractivity contribution < 1.29 is 4.79 Å². The van der Waals surface area contributed by atoms with Gasteiger partial charge in [0.25, 0.3) is 0 Å². The van der Waals surface area contributed by atoms with E-state index in [1.807, 2.05) is 0 Å². The van der Waals surface area contributed by atoms with Crippen LogP contribution >= 0.6 is 0 Å². The highest BCUT2D eigenvalue weighted by Crippen LogP contribution is 2.35. The molecule has 1 heterocycles. The summed E-state index contributed by atoms with van der Waals surface area (Å²) in [7, 11) is 0. The average molecular weight is 210 g/mol. The minimum Gasteiger partial charge on any atom is -0.353 e. The highest BCUT2D eigenvalue weighted by Gasteiger charge is 2.30. The number of carbonyl (C=O) groups is 1. The van der Waals surface area contributed by atoms with E-state index in [0.717, 1.165) is 25.9 Å². The van der Waals surface area contributed by atoms with E-state index in [2.05, 4.69) is 24.5 Å². The lowest BCUT2D eigenvalue weighted by atomic mass is 9.75. The first-order valence-corrected chi connectivity index (χ1v) is 6.08. The zero-order valence-corrected chi connectivity index (χ0v) is 9.81. The van der Waals surface area contributed by atoms with E-state index >= 15 is 0 Å². The Hall–Kier alpha value is -0.570. The first kappa shape index (κ1) is 10.9. The highest BCUT2D eigenvalue weighted by molar-refractivity contribution is 5.80. The number of carbonyl (C=O) groups excluding carboxylic acids is 1. The Morgan fingerprint density at radius 1 is 1.27 bits per heavy atom. The average Bonchev–Trinajstić information content (AvgIpc) is 2.05. The molecule has 1 aliphatic heterocycles. The maximum absolute atomic E-state index is 11.7. The van der Waals surface area contributed by atoms with Gasteiger partial charge in [-0.05, 0) is 31.1 Å². The fourth-order valence-corrected chi connectivity index (χ4v) is 2.34. The Balaban J connectivity index is 1.74. The molecule has 0 radical (unpaired) electrons. The molecule has 3 heteroatoms. The van der Waals surface area contributed by atoms with Crippen molar-refractivity contribution in [3.63, 3.8) is 0 Å². The molecule has 0 aromatic heterocycles. The third kappa shape index (κ3) is 2.71. The lowest BCUT2D eigenvalue weighted by Gasteiger charge is -2.36. The lowest BCUT2D eigenvalue weighted by molar-refractivity contribution is -0.127. The Bertz CT molecular complexity index is 236. The summed E-state index contributed by atoms with van der Waals surface area (Å²) in [6.07, 6.45) is 4.78. The highest BCUT2D eigenvalue weighted by atomic mass is 16.2. The monoisotopic (exact) mass is 210 g/mol. The molecule has 0 aromatic carbocycles. The molecule has 86 valence electrons. The van der Waals surface area contributed by atoms with Crippen molar-refractivity contribution in [3.8, 4) is 0 Å². The number of nitrogens with one attached hydrogen (secondary N) is 2. The Morgan fingerprint density at radius 2 is 1.87 bits per heavy atom. The fraction of sp³-hybridized carbons (Fsp3) is 0.917. The Morgan fingerprint density at radius 3 is 2.33 bits per heavy atom. The topological polar surface area (TPSA) is 41.1 Å². The minimum atomic E-state index is 0.236. The van der Waals surface area contributed by atoms with Crippen LogP contribution in [0.4, 0.5) is 0 Å². The summed E-state index contributed by atoms with van der Waals surface area (Å²) in [5.74, 6) is 0.499. The second-order valence-corrected chi connectivity index (χ2v) is 5.80. The first-order valence-electron chi connectivity index (χ1n) is 6.08. The summed E-state index contributed by atoms with van der Waals surface area (Å²) in [6, 6.07) is 0.436. The molecule has 1 aliphatic carbocycles. The van der Waals surface area contributed by atoms with Gasteiger partial charge < -0.3 is 10.6 Å². The van der Waals surface area contributed by atoms with E-state index in [1.165, 1.54) is 12.8 Å². The predicted molar refractivity (Wildman–Crippen MR) is 60.5 cm³/mol. The van der Waals surface area contributed by atoms with Gasteiger partial charge in [-0.3, -0.25) is 4.79 Å². The second kappa shape index (κ2) is 4.12. The summed E-state index contributed by atoms with van der Waals surface area (Å²) < 4.78 is 0. The van der Waals surface area contributed by atoms with Gasteiger partial charge in [-0.25, -0.2) is 0 Å². The van der Waals surface area contributed by atoms with Gasteiger partial charge in [-0.2, -0.15) is 0 Å². The van der Waals surface area contributed by atoms with Crippen LogP contribution in [0, 0.1) is 11.3 Å². The van der Waals surface area contributed by atoms with E-state index in [4.69, 9.17) is 0 Å². The molecule has 1 saturated carbocycles. The van der Waals surface area contributed by atoms with Crippen molar-refractivity contribution >= 4 is 5.91 Å². The van der Waals surface area contributed by atoms with Crippen LogP contribution in [-0.2, 0) is 4.79 Å². The van der Waals surface area contributed by atoms with E-state index in [1.54, 1.807) is 0 Å². The summed E-state index contributed by atoms with van der Waals surface area (Å²) in [5, 5.41) is 6.31. The molecule has 0 spiro atoms. The van der Waals surface area contributed by atoms with E-state index in [0.29, 0.717) is 11.5 Å². The molecule has 2 fully saturated rings. The molecular formula is C12H22N2O. The molecule has 2 aliphatic rings. The molecule has 0 aromatic rings. The predicted octanol–water partition coefficient (Wildman–Crippen LogP) is 1.29. The van der Waals surface area contributed by atoms with Crippen LogP contribution in [0.2, 0.25) is 0 Å². The quantitative estimate of drug-likeness (QED) is 0.721. The molecule has 0 unspecified atom stereocenters. The molecule has 1 saturated heterocycles. The maximum atomic E-state index is 11.7. The smallest absolute Gasteiger partial charge is 0.225 e. The van der Waals surface area contributed by atoms with Crippen molar-refractivity contribution in [2.75, 3.05) is 13.1 Å². The largest absolute Gasteiger partial charge is 0.353 e. The van der Waals surface area contributed by atoms with Crippen LogP contribution in [0.5, 0.6) is 0 Å². The molecule has 3 nitrogen and oxygen atoms in total. The van der Waals surface area contributed by atoms with Gasteiger partial charge in [-0.15, -0.1) is 0 Å². The molecular weight excluding hydrogens is 188 g/mol. The molecule has 2 rings (SSSR count). The van der Waals surface area contributed by atoms with Gasteiger partial charge in [0.15, 0.2) is 0 Å². The van der Waals surface area contributed by atoms with Gasteiger partial charge in [0.05, 0.1) is 5.92 Å². The van der Waals surface area contributed by atoms with Crippen molar-refractivity contribution in [1.82, 2.24) is 10.6 Å². The van der Waals surface area contributed by atoms with Gasteiger partial charge >= 0.3 is 0 Å². The molecule has 0 atom stereocenters. The standard InChI is InChI=1S/C12H22N2O/c1-12(2)5-3-10(4-6-12)14-11(15)9-7-13-8-9/h9-10,13H,3-8H2,1-2H3,(H,14,15). The van der Waals surface area contributed by atoms with Crippen LogP contribution in [0.15, 0.2) is 0 Å². The molecule has 1 amide bonds. The van der Waals surface area contributed by atoms with E-state index in [-0.39, 0.29) is 11.8 Å². The van der Waals surface area contributed by atoms with Crippen LogP contribution in [0.1, 0.15) is 39.5 Å². The summed E-state index contributed by atoms with van der Waals surface area (Å²) >= 11 is 0. The van der Waals surface area contributed by atoms with Crippen LogP contribution in [-0.4, -0.2) is 25.0 Å². The SMILES string of the molecule is CC1(C)CCC(NC(=O)C2CNC2)CC1. The molecule has 2 N–H and O–H groups in total. The minimum absolute atomic E-state index is 0.236. The van der Waals surface area contributed by atoms with Crippen LogP contribution in [0.3, 0.4) is 0 Å². The van der Waals surface area contributed by atoms with Crippen molar-refractivity contribution in [2.45, 2.75) is 45.6 Å². The zero-order valence-electron chi connectivity index (χ0n) is 9.81. The van der Waals surface area contributed by atoms with Crippen LogP contribution < -0.4 is 10.6 Å². The number of hydrogen-bond acceptors (Lipinski definition) is 2. The zero-order chi connectivity index (χ0) is 10.9. The Kier molecular flexibility index (Phi) is 3.01. The number of hydrogen-bond donors (Lipinski definition) is 2. The van der Waals surface area contributed by atoms with Crippen LogP contribution in [0.25, 0.3) is 0 Å². The summed E-state index contributed by atoms with van der Waals surface area (Å²) in [5.41, 5.74) is 0.485. The summed E-state index contributed by atoms with van der Waals surface area (Å²) in [4.78, 5) is 11.7. The van der Waals surface area contributed by atoms with E-state index in [9.17, 15) is 4.79 Å². The van der Waals surface area contributed by atoms with Crippen molar-refractivity contribution in [1.29, 1.82) is 0 Å². The molecule has 0 bridgehead atoms. The normalized spacial score (nSPS) is 27.1.